The van der Waals surface area contributed by atoms with Crippen molar-refractivity contribution in [2.75, 3.05) is 18.1 Å². The van der Waals surface area contributed by atoms with Gasteiger partial charge in [0.15, 0.2) is 0 Å². The Bertz CT molecular complexity index is 486. The van der Waals surface area contributed by atoms with E-state index in [-0.39, 0.29) is 18.3 Å². The first kappa shape index (κ1) is 13.7. The van der Waals surface area contributed by atoms with Gasteiger partial charge in [-0.05, 0) is 44.9 Å². The number of benzene rings is 1. The Morgan fingerprint density at radius 3 is 2.79 bits per heavy atom. The Kier molecular flexibility index (Phi) is 3.66. The molecule has 1 heterocycles. The molecule has 19 heavy (non-hydrogen) atoms. The molecule has 5 nitrogen and oxygen atoms in total. The molecule has 1 aromatic rings. The molecule has 0 radical (unpaired) electrons. The lowest BCUT2D eigenvalue weighted by Crippen LogP contribution is -2.24. The zero-order valence-electron chi connectivity index (χ0n) is 11.3. The van der Waals surface area contributed by atoms with Gasteiger partial charge in [0.25, 0.3) is 0 Å². The molecule has 2 rings (SSSR count). The van der Waals surface area contributed by atoms with Crippen molar-refractivity contribution in [1.82, 2.24) is 0 Å². The third-order valence-corrected chi connectivity index (χ3v) is 3.25. The average molecular weight is 264 g/mol. The Morgan fingerprint density at radius 1 is 1.47 bits per heavy atom. The third-order valence-electron chi connectivity index (χ3n) is 3.25. The Labute approximate surface area is 112 Å². The molecule has 0 spiro atoms. The number of rotatable bonds is 3. The summed E-state index contributed by atoms with van der Waals surface area (Å²) in [6, 6.07) is 4.75. The summed E-state index contributed by atoms with van der Waals surface area (Å²) in [4.78, 5) is 11.9. The van der Waals surface area contributed by atoms with E-state index in [9.17, 15) is 4.79 Å². The number of nitrogens with two attached hydrogens (primary N) is 2. The fraction of sp³-hybridized carbons (Fsp3) is 0.500. The van der Waals surface area contributed by atoms with Crippen LogP contribution in [0, 0.1) is 0 Å². The summed E-state index contributed by atoms with van der Waals surface area (Å²) in [5.41, 5.74) is 12.4. The van der Waals surface area contributed by atoms with E-state index >= 15 is 0 Å². The number of carbonyl (C=O) groups is 1. The number of ether oxygens (including phenoxy) is 2. The summed E-state index contributed by atoms with van der Waals surface area (Å²) in [7, 11) is 0. The van der Waals surface area contributed by atoms with Crippen molar-refractivity contribution in [1.29, 1.82) is 0 Å². The zero-order valence-corrected chi connectivity index (χ0v) is 11.3. The smallest absolute Gasteiger partial charge is 0.340 e. The van der Waals surface area contributed by atoms with Crippen molar-refractivity contribution in [3.8, 4) is 0 Å². The SMILES string of the molecule is CC1(C)CCC(COC(=O)c2ccc(N)cc2N)O1. The molecule has 0 bridgehead atoms. The first-order valence-corrected chi connectivity index (χ1v) is 6.37. The lowest BCUT2D eigenvalue weighted by atomic mass is 10.1. The van der Waals surface area contributed by atoms with Crippen LogP contribution in [0.3, 0.4) is 0 Å². The van der Waals surface area contributed by atoms with Gasteiger partial charge < -0.3 is 20.9 Å². The molecule has 0 aliphatic carbocycles. The molecule has 104 valence electrons. The highest BCUT2D eigenvalue weighted by Gasteiger charge is 2.32. The first-order valence-electron chi connectivity index (χ1n) is 6.37. The molecule has 5 heteroatoms. The van der Waals surface area contributed by atoms with Gasteiger partial charge in [-0.25, -0.2) is 4.79 Å². The number of anilines is 2. The van der Waals surface area contributed by atoms with E-state index in [0.29, 0.717) is 16.9 Å². The van der Waals surface area contributed by atoms with Crippen LogP contribution in [0.4, 0.5) is 11.4 Å². The minimum absolute atomic E-state index is 0.0334. The van der Waals surface area contributed by atoms with Gasteiger partial charge in [-0.3, -0.25) is 0 Å². The highest BCUT2D eigenvalue weighted by Crippen LogP contribution is 2.29. The summed E-state index contributed by atoms with van der Waals surface area (Å²) in [6.45, 7) is 4.33. The Balaban J connectivity index is 1.91. The van der Waals surface area contributed by atoms with Crippen LogP contribution in [0.15, 0.2) is 18.2 Å². The molecule has 1 aliphatic rings. The summed E-state index contributed by atoms with van der Waals surface area (Å²) >= 11 is 0. The van der Waals surface area contributed by atoms with E-state index in [1.807, 2.05) is 13.8 Å². The van der Waals surface area contributed by atoms with E-state index in [1.165, 1.54) is 0 Å². The molecular formula is C14H20N2O3. The Morgan fingerprint density at radius 2 is 2.21 bits per heavy atom. The van der Waals surface area contributed by atoms with E-state index in [0.717, 1.165) is 12.8 Å². The fourth-order valence-electron chi connectivity index (χ4n) is 2.21. The van der Waals surface area contributed by atoms with E-state index < -0.39 is 5.97 Å². The van der Waals surface area contributed by atoms with Crippen LogP contribution in [0.25, 0.3) is 0 Å². The van der Waals surface area contributed by atoms with Crippen LogP contribution >= 0.6 is 0 Å². The third kappa shape index (κ3) is 3.38. The van der Waals surface area contributed by atoms with E-state index in [1.54, 1.807) is 18.2 Å². The van der Waals surface area contributed by atoms with Gasteiger partial charge in [-0.1, -0.05) is 0 Å². The highest BCUT2D eigenvalue weighted by atomic mass is 16.6. The van der Waals surface area contributed by atoms with E-state index in [4.69, 9.17) is 20.9 Å². The molecule has 1 aromatic carbocycles. The highest BCUT2D eigenvalue weighted by molar-refractivity contribution is 5.95. The molecule has 0 aromatic heterocycles. The van der Waals surface area contributed by atoms with Gasteiger partial charge >= 0.3 is 5.97 Å². The predicted octanol–water partition coefficient (Wildman–Crippen LogP) is 1.97. The molecule has 1 atom stereocenters. The Hall–Kier alpha value is -1.75. The van der Waals surface area contributed by atoms with Gasteiger partial charge in [-0.15, -0.1) is 0 Å². The summed E-state index contributed by atoms with van der Waals surface area (Å²) in [5.74, 6) is -0.439. The van der Waals surface area contributed by atoms with Crippen molar-refractivity contribution < 1.29 is 14.3 Å². The minimum Gasteiger partial charge on any atom is -0.459 e. The lowest BCUT2D eigenvalue weighted by molar-refractivity contribution is -0.0444. The second-order valence-corrected chi connectivity index (χ2v) is 5.48. The maximum Gasteiger partial charge on any atom is 0.340 e. The zero-order chi connectivity index (χ0) is 14.0. The molecule has 0 saturated carbocycles. The van der Waals surface area contributed by atoms with Crippen LogP contribution in [0.5, 0.6) is 0 Å². The summed E-state index contributed by atoms with van der Waals surface area (Å²) in [5, 5.41) is 0. The normalized spacial score (nSPS) is 21.3. The van der Waals surface area contributed by atoms with Gasteiger partial charge in [0, 0.05) is 11.4 Å². The number of hydrogen-bond donors (Lipinski definition) is 2. The monoisotopic (exact) mass is 264 g/mol. The van der Waals surface area contributed by atoms with Gasteiger partial charge in [0.2, 0.25) is 0 Å². The van der Waals surface area contributed by atoms with Gasteiger partial charge in [0.05, 0.1) is 17.3 Å². The molecule has 4 N–H and O–H groups in total. The standard InChI is InChI=1S/C14H20N2O3/c1-14(2)6-5-10(19-14)8-18-13(17)11-4-3-9(15)7-12(11)16/h3-4,7,10H,5-6,8,15-16H2,1-2H3. The number of hydrogen-bond acceptors (Lipinski definition) is 5. The number of esters is 1. The first-order chi connectivity index (χ1) is 8.87. The van der Waals surface area contributed by atoms with Crippen molar-refractivity contribution in [2.45, 2.75) is 38.4 Å². The molecule has 1 aliphatic heterocycles. The van der Waals surface area contributed by atoms with Crippen LogP contribution in [0.1, 0.15) is 37.0 Å². The molecule has 1 unspecified atom stereocenters. The van der Waals surface area contributed by atoms with Crippen LogP contribution < -0.4 is 11.5 Å². The second-order valence-electron chi connectivity index (χ2n) is 5.48. The minimum atomic E-state index is -0.439. The molecule has 0 amide bonds. The fourth-order valence-corrected chi connectivity index (χ4v) is 2.21. The van der Waals surface area contributed by atoms with Crippen molar-refractivity contribution >= 4 is 17.3 Å². The lowest BCUT2D eigenvalue weighted by Gasteiger charge is -2.19. The number of nitrogen functional groups attached to an aromatic ring is 2. The van der Waals surface area contributed by atoms with Gasteiger partial charge in [-0.2, -0.15) is 0 Å². The van der Waals surface area contributed by atoms with Crippen LogP contribution in [-0.4, -0.2) is 24.3 Å². The number of carbonyl (C=O) groups excluding carboxylic acids is 1. The predicted molar refractivity (Wildman–Crippen MR) is 73.7 cm³/mol. The van der Waals surface area contributed by atoms with Gasteiger partial charge in [0.1, 0.15) is 6.61 Å². The summed E-state index contributed by atoms with van der Waals surface area (Å²) < 4.78 is 11.0. The van der Waals surface area contributed by atoms with Crippen molar-refractivity contribution in [3.63, 3.8) is 0 Å². The quantitative estimate of drug-likeness (QED) is 0.643. The van der Waals surface area contributed by atoms with Crippen molar-refractivity contribution in [2.24, 2.45) is 0 Å². The molecule has 1 saturated heterocycles. The second kappa shape index (κ2) is 5.09. The molecular weight excluding hydrogens is 244 g/mol. The average Bonchev–Trinajstić information content (AvgIpc) is 2.66. The topological polar surface area (TPSA) is 87.6 Å². The van der Waals surface area contributed by atoms with Crippen molar-refractivity contribution in [3.05, 3.63) is 23.8 Å². The maximum absolute atomic E-state index is 11.9. The van der Waals surface area contributed by atoms with E-state index in [2.05, 4.69) is 0 Å². The summed E-state index contributed by atoms with van der Waals surface area (Å²) in [6.07, 6.45) is 1.84. The van der Waals surface area contributed by atoms with Crippen LogP contribution in [-0.2, 0) is 9.47 Å². The van der Waals surface area contributed by atoms with Crippen LogP contribution in [0.2, 0.25) is 0 Å². The molecule has 1 fully saturated rings. The largest absolute Gasteiger partial charge is 0.459 e. The maximum atomic E-state index is 11.9.